The highest BCUT2D eigenvalue weighted by Crippen LogP contribution is 2.36. The molecule has 1 aromatic rings. The second-order valence-electron chi connectivity index (χ2n) is 10.4. The molecule has 1 aromatic carbocycles. The Balaban J connectivity index is 1.29. The van der Waals surface area contributed by atoms with Gasteiger partial charge in [0.25, 0.3) is 5.91 Å². The molecule has 4 aliphatic rings. The number of benzene rings is 1. The molecule has 0 bridgehead atoms. The fourth-order valence-electron chi connectivity index (χ4n) is 6.27. The SMILES string of the molecule is CCN1CCN(c2ccc(C(=O)N[C@H](C(=O)N3C[C@H](SC)[C@H]4OCC(=O)[C@H]43)C3CCCC3)cc2)CC1. The van der Waals surface area contributed by atoms with Crippen LogP contribution >= 0.6 is 11.8 Å². The summed E-state index contributed by atoms with van der Waals surface area (Å²) in [4.78, 5) is 46.2. The number of thioether (sulfide) groups is 1. The van der Waals surface area contributed by atoms with Crippen molar-refractivity contribution in [1.82, 2.24) is 15.1 Å². The van der Waals surface area contributed by atoms with Crippen LogP contribution in [0, 0.1) is 5.92 Å². The first-order valence-corrected chi connectivity index (χ1v) is 14.6. The first-order valence-electron chi connectivity index (χ1n) is 13.4. The lowest BCUT2D eigenvalue weighted by atomic mass is 9.95. The van der Waals surface area contributed by atoms with Crippen LogP contribution in [0.3, 0.4) is 0 Å². The molecule has 36 heavy (non-hydrogen) atoms. The van der Waals surface area contributed by atoms with Crippen LogP contribution in [0.25, 0.3) is 0 Å². The average Bonchev–Trinajstić information content (AvgIpc) is 3.66. The third-order valence-electron chi connectivity index (χ3n) is 8.46. The number of carbonyl (C=O) groups is 3. The van der Waals surface area contributed by atoms with Gasteiger partial charge in [-0.25, -0.2) is 0 Å². The molecule has 0 aromatic heterocycles. The topological polar surface area (TPSA) is 82.2 Å². The highest BCUT2D eigenvalue weighted by atomic mass is 32.2. The van der Waals surface area contributed by atoms with E-state index >= 15 is 0 Å². The molecule has 8 nitrogen and oxygen atoms in total. The molecule has 3 heterocycles. The van der Waals surface area contributed by atoms with Gasteiger partial charge in [-0.05, 0) is 55.8 Å². The molecule has 4 atom stereocenters. The number of rotatable bonds is 7. The minimum Gasteiger partial charge on any atom is -0.369 e. The number of ether oxygens (including phenoxy) is 1. The van der Waals surface area contributed by atoms with Crippen molar-refractivity contribution in [2.75, 3.05) is 57.0 Å². The first-order chi connectivity index (χ1) is 17.5. The first kappa shape index (κ1) is 25.5. The van der Waals surface area contributed by atoms with Gasteiger partial charge in [0.05, 0.1) is 11.4 Å². The van der Waals surface area contributed by atoms with Crippen molar-refractivity contribution in [1.29, 1.82) is 0 Å². The van der Waals surface area contributed by atoms with Crippen molar-refractivity contribution in [3.63, 3.8) is 0 Å². The zero-order valence-corrected chi connectivity index (χ0v) is 22.2. The maximum absolute atomic E-state index is 13.8. The number of likely N-dealkylation sites (N-methyl/N-ethyl adjacent to an activating group) is 1. The number of hydrogen-bond donors (Lipinski definition) is 1. The van der Waals surface area contributed by atoms with Crippen molar-refractivity contribution in [3.8, 4) is 0 Å². The zero-order valence-electron chi connectivity index (χ0n) is 21.4. The van der Waals surface area contributed by atoms with Crippen LogP contribution in [0.2, 0.25) is 0 Å². The molecule has 2 amide bonds. The Hall–Kier alpha value is -2.10. The number of amides is 2. The van der Waals surface area contributed by atoms with Gasteiger partial charge in [0, 0.05) is 44.0 Å². The monoisotopic (exact) mass is 514 g/mol. The Bertz CT molecular complexity index is 959. The highest BCUT2D eigenvalue weighted by molar-refractivity contribution is 7.99. The summed E-state index contributed by atoms with van der Waals surface area (Å²) < 4.78 is 5.74. The smallest absolute Gasteiger partial charge is 0.251 e. The second kappa shape index (κ2) is 11.1. The summed E-state index contributed by atoms with van der Waals surface area (Å²) >= 11 is 1.64. The lowest BCUT2D eigenvalue weighted by Gasteiger charge is -2.35. The van der Waals surface area contributed by atoms with E-state index in [4.69, 9.17) is 4.74 Å². The zero-order chi connectivity index (χ0) is 25.2. The predicted octanol–water partition coefficient (Wildman–Crippen LogP) is 2.03. The summed E-state index contributed by atoms with van der Waals surface area (Å²) in [6.45, 7) is 7.88. The van der Waals surface area contributed by atoms with Gasteiger partial charge < -0.3 is 24.8 Å². The molecule has 3 aliphatic heterocycles. The fraction of sp³-hybridized carbons (Fsp3) is 0.667. The predicted molar refractivity (Wildman–Crippen MR) is 142 cm³/mol. The normalized spacial score (nSPS) is 27.9. The summed E-state index contributed by atoms with van der Waals surface area (Å²) in [6, 6.07) is 6.59. The maximum atomic E-state index is 13.8. The van der Waals surface area contributed by atoms with E-state index in [1.54, 1.807) is 16.7 Å². The van der Waals surface area contributed by atoms with Gasteiger partial charge in [0.15, 0.2) is 5.78 Å². The van der Waals surface area contributed by atoms with Gasteiger partial charge >= 0.3 is 0 Å². The van der Waals surface area contributed by atoms with E-state index in [0.29, 0.717) is 12.1 Å². The lowest BCUT2D eigenvalue weighted by Crippen LogP contribution is -2.54. The van der Waals surface area contributed by atoms with Gasteiger partial charge in [-0.2, -0.15) is 11.8 Å². The van der Waals surface area contributed by atoms with E-state index in [1.807, 2.05) is 30.5 Å². The number of likely N-dealkylation sites (tertiary alicyclic amines) is 1. The summed E-state index contributed by atoms with van der Waals surface area (Å²) in [5.74, 6) is -0.295. The molecule has 1 aliphatic carbocycles. The van der Waals surface area contributed by atoms with E-state index in [1.165, 1.54) is 0 Å². The molecule has 9 heteroatoms. The van der Waals surface area contributed by atoms with Crippen molar-refractivity contribution in [3.05, 3.63) is 29.8 Å². The van der Waals surface area contributed by atoms with Crippen LogP contribution in [0.15, 0.2) is 24.3 Å². The summed E-state index contributed by atoms with van der Waals surface area (Å²) in [5.41, 5.74) is 1.68. The van der Waals surface area contributed by atoms with E-state index in [0.717, 1.165) is 64.1 Å². The maximum Gasteiger partial charge on any atom is 0.251 e. The van der Waals surface area contributed by atoms with Crippen LogP contribution < -0.4 is 10.2 Å². The number of piperazine rings is 1. The molecule has 3 saturated heterocycles. The quantitative estimate of drug-likeness (QED) is 0.596. The summed E-state index contributed by atoms with van der Waals surface area (Å²) in [6.07, 6.45) is 5.70. The highest BCUT2D eigenvalue weighted by Gasteiger charge is 2.53. The number of nitrogens with one attached hydrogen (secondary N) is 1. The minimum absolute atomic E-state index is 0.0308. The van der Waals surface area contributed by atoms with Crippen molar-refractivity contribution in [2.24, 2.45) is 5.92 Å². The van der Waals surface area contributed by atoms with Crippen LogP contribution in [0.4, 0.5) is 5.69 Å². The Morgan fingerprint density at radius 2 is 1.81 bits per heavy atom. The summed E-state index contributed by atoms with van der Waals surface area (Å²) in [5, 5.41) is 3.16. The van der Waals surface area contributed by atoms with Crippen LogP contribution in [-0.2, 0) is 14.3 Å². The van der Waals surface area contributed by atoms with E-state index in [2.05, 4.69) is 22.0 Å². The number of ketones is 1. The number of Topliss-reactive ketones (excluding diaryl/α,β-unsaturated/α-hetero) is 1. The van der Waals surface area contributed by atoms with Gasteiger partial charge in [-0.1, -0.05) is 19.8 Å². The molecule has 1 saturated carbocycles. The van der Waals surface area contributed by atoms with Gasteiger partial charge in [0.1, 0.15) is 18.7 Å². The Kier molecular flexibility index (Phi) is 7.88. The van der Waals surface area contributed by atoms with Crippen LogP contribution in [-0.4, -0.2) is 103 Å². The molecule has 5 rings (SSSR count). The minimum atomic E-state index is -0.614. The van der Waals surface area contributed by atoms with Crippen LogP contribution in [0.1, 0.15) is 43.0 Å². The fourth-order valence-corrected chi connectivity index (χ4v) is 7.07. The number of anilines is 1. The van der Waals surface area contributed by atoms with Crippen molar-refractivity contribution < 1.29 is 19.1 Å². The number of nitrogens with zero attached hydrogens (tertiary/aromatic N) is 3. The van der Waals surface area contributed by atoms with E-state index < -0.39 is 12.1 Å². The standard InChI is InChI=1S/C27H38N4O4S/c1-3-29-12-14-30(15-13-29)20-10-8-19(9-11-20)26(33)28-23(18-6-4-5-7-18)27(34)31-16-22(36-2)25-24(31)21(32)17-35-25/h8-11,18,22-25H,3-7,12-17H2,1-2H3,(H,28,33)/t22-,23-,24+,25+/m0/s1. The van der Waals surface area contributed by atoms with Crippen molar-refractivity contribution >= 4 is 35.0 Å². The molecule has 0 unspecified atom stereocenters. The van der Waals surface area contributed by atoms with Gasteiger partial charge in [-0.15, -0.1) is 0 Å². The lowest BCUT2D eigenvalue weighted by molar-refractivity contribution is -0.139. The third-order valence-corrected chi connectivity index (χ3v) is 9.48. The largest absolute Gasteiger partial charge is 0.369 e. The molecular weight excluding hydrogens is 476 g/mol. The Labute approximate surface area is 218 Å². The van der Waals surface area contributed by atoms with E-state index in [9.17, 15) is 14.4 Å². The van der Waals surface area contributed by atoms with E-state index in [-0.39, 0.29) is 41.5 Å². The number of carbonyl (C=O) groups excluding carboxylic acids is 3. The Morgan fingerprint density at radius 3 is 2.44 bits per heavy atom. The molecule has 0 radical (unpaired) electrons. The molecule has 196 valence electrons. The summed E-state index contributed by atoms with van der Waals surface area (Å²) in [7, 11) is 0. The van der Waals surface area contributed by atoms with Gasteiger partial charge in [0.2, 0.25) is 5.91 Å². The van der Waals surface area contributed by atoms with Gasteiger partial charge in [-0.3, -0.25) is 14.4 Å². The molecule has 4 fully saturated rings. The van der Waals surface area contributed by atoms with Crippen LogP contribution in [0.5, 0.6) is 0 Å². The molecule has 0 spiro atoms. The van der Waals surface area contributed by atoms with Crippen molar-refractivity contribution in [2.45, 2.75) is 56.0 Å². The number of hydrogen-bond acceptors (Lipinski definition) is 7. The molecular formula is C27H38N4O4S. The molecule has 1 N–H and O–H groups in total. The Morgan fingerprint density at radius 1 is 1.11 bits per heavy atom. The third kappa shape index (κ3) is 5.02. The average molecular weight is 515 g/mol. The number of fused-ring (bicyclic) bond motifs is 1. The second-order valence-corrected chi connectivity index (χ2v) is 11.5.